The van der Waals surface area contributed by atoms with Gasteiger partial charge in [-0.1, -0.05) is 72.8 Å². The molecule has 1 N–H and O–H groups in total. The maximum Gasteiger partial charge on any atom is 0.179 e. The molecule has 178 valence electrons. The zero-order chi connectivity index (χ0) is 25.1. The summed E-state index contributed by atoms with van der Waals surface area (Å²) in [6.45, 7) is 4.49. The van der Waals surface area contributed by atoms with Gasteiger partial charge in [0, 0.05) is 24.5 Å². The van der Waals surface area contributed by atoms with Crippen molar-refractivity contribution in [3.8, 4) is 11.1 Å². The number of aromatic nitrogens is 3. The number of benzene rings is 5. The minimum absolute atomic E-state index is 0.730. The smallest absolute Gasteiger partial charge is 0.179 e. The molecule has 0 aliphatic heterocycles. The average molecular weight is 479 g/mol. The van der Waals surface area contributed by atoms with Crippen molar-refractivity contribution in [3.63, 3.8) is 0 Å². The van der Waals surface area contributed by atoms with E-state index < -0.39 is 0 Å². The van der Waals surface area contributed by atoms with Crippen LogP contribution in [-0.4, -0.2) is 14.5 Å². The normalized spacial score (nSPS) is 11.6. The van der Waals surface area contributed by atoms with Crippen LogP contribution in [0.4, 0.5) is 11.4 Å². The Morgan fingerprint density at radius 2 is 1.43 bits per heavy atom. The Kier molecular flexibility index (Phi) is 4.76. The molecule has 0 saturated carbocycles. The van der Waals surface area contributed by atoms with E-state index in [-0.39, 0.29) is 0 Å². The van der Waals surface area contributed by atoms with E-state index in [1.165, 1.54) is 43.4 Å². The van der Waals surface area contributed by atoms with Crippen LogP contribution in [0, 0.1) is 13.8 Å². The van der Waals surface area contributed by atoms with Crippen LogP contribution in [-0.2, 0) is 7.05 Å². The van der Waals surface area contributed by atoms with Crippen molar-refractivity contribution in [2.75, 3.05) is 5.32 Å². The quantitative estimate of drug-likeness (QED) is 0.205. The maximum absolute atomic E-state index is 4.65. The van der Waals surface area contributed by atoms with Gasteiger partial charge in [-0.05, 0) is 75.0 Å². The van der Waals surface area contributed by atoms with E-state index in [1.54, 1.807) is 0 Å². The van der Waals surface area contributed by atoms with E-state index in [9.17, 15) is 0 Å². The van der Waals surface area contributed by atoms with E-state index in [0.717, 1.165) is 33.7 Å². The van der Waals surface area contributed by atoms with Gasteiger partial charge in [-0.3, -0.25) is 0 Å². The Labute approximate surface area is 215 Å². The van der Waals surface area contributed by atoms with Crippen molar-refractivity contribution >= 4 is 54.9 Å². The number of fused-ring (bicyclic) bond motifs is 5. The zero-order valence-electron chi connectivity index (χ0n) is 21.1. The fourth-order valence-corrected chi connectivity index (χ4v) is 5.76. The van der Waals surface area contributed by atoms with Gasteiger partial charge in [0.25, 0.3) is 0 Å². The molecule has 4 nitrogen and oxygen atoms in total. The summed E-state index contributed by atoms with van der Waals surface area (Å²) in [4.78, 5) is 9.16. The summed E-state index contributed by atoms with van der Waals surface area (Å²) < 4.78 is 2.03. The third-order valence-electron chi connectivity index (χ3n) is 7.63. The van der Waals surface area contributed by atoms with E-state index in [2.05, 4.69) is 108 Å². The number of aryl methyl sites for hydroxylation is 3. The summed E-state index contributed by atoms with van der Waals surface area (Å²) in [7, 11) is 2.02. The molecule has 0 atom stereocenters. The van der Waals surface area contributed by atoms with Gasteiger partial charge in [-0.2, -0.15) is 0 Å². The summed E-state index contributed by atoms with van der Waals surface area (Å²) >= 11 is 0. The Bertz CT molecular complexity index is 1980. The predicted octanol–water partition coefficient (Wildman–Crippen LogP) is 8.46. The van der Waals surface area contributed by atoms with Crippen LogP contribution >= 0.6 is 0 Å². The minimum atomic E-state index is 0.730. The fraction of sp³-hybridized carbons (Fsp3) is 0.0909. The standard InChI is InChI=1S/C33H26N4/c1-20-25-11-7-8-12-26(25)21(2)30-27(20)16-14-23-13-15-24(17-28(23)30)36-31-29(22-9-5-4-6-10-22)18-34-33-32(31)37(3)19-35-33/h4-19H,1-3H3,(H,34,36). The zero-order valence-corrected chi connectivity index (χ0v) is 21.1. The highest BCUT2D eigenvalue weighted by molar-refractivity contribution is 6.17. The second-order valence-corrected chi connectivity index (χ2v) is 9.79. The second kappa shape index (κ2) is 8.17. The van der Waals surface area contributed by atoms with E-state index in [4.69, 9.17) is 0 Å². The molecule has 0 radical (unpaired) electrons. The molecule has 0 fully saturated rings. The number of imidazole rings is 1. The molecule has 2 aromatic heterocycles. The number of hydrogen-bond acceptors (Lipinski definition) is 3. The molecular weight excluding hydrogens is 452 g/mol. The number of pyridine rings is 1. The predicted molar refractivity (Wildman–Crippen MR) is 156 cm³/mol. The van der Waals surface area contributed by atoms with Crippen molar-refractivity contribution in [2.24, 2.45) is 7.05 Å². The molecule has 5 aromatic carbocycles. The molecule has 2 heterocycles. The number of rotatable bonds is 3. The van der Waals surface area contributed by atoms with E-state index in [0.29, 0.717) is 0 Å². The van der Waals surface area contributed by atoms with Crippen LogP contribution in [0.5, 0.6) is 0 Å². The molecule has 0 amide bonds. The van der Waals surface area contributed by atoms with Crippen molar-refractivity contribution in [3.05, 3.63) is 109 Å². The first kappa shape index (κ1) is 21.6. The van der Waals surface area contributed by atoms with Gasteiger partial charge in [0.2, 0.25) is 0 Å². The summed E-state index contributed by atoms with van der Waals surface area (Å²) in [5.74, 6) is 0. The van der Waals surface area contributed by atoms with E-state index in [1.807, 2.05) is 30.2 Å². The van der Waals surface area contributed by atoms with Gasteiger partial charge in [0.15, 0.2) is 5.65 Å². The Morgan fingerprint density at radius 1 is 0.703 bits per heavy atom. The molecule has 7 aromatic rings. The van der Waals surface area contributed by atoms with Gasteiger partial charge in [0.1, 0.15) is 5.52 Å². The SMILES string of the molecule is Cc1c2ccccc2c(C)c2c1ccc1ccc(Nc3c(-c4ccccc4)cnc4ncn(C)c34)cc12. The Balaban J connectivity index is 1.48. The first-order valence-electron chi connectivity index (χ1n) is 12.6. The molecule has 4 heteroatoms. The summed E-state index contributed by atoms with van der Waals surface area (Å²) in [5.41, 5.74) is 8.57. The van der Waals surface area contributed by atoms with Gasteiger partial charge < -0.3 is 9.88 Å². The lowest BCUT2D eigenvalue weighted by Crippen LogP contribution is -1.99. The van der Waals surface area contributed by atoms with Crippen LogP contribution in [0.15, 0.2) is 97.5 Å². The van der Waals surface area contributed by atoms with Crippen LogP contribution in [0.2, 0.25) is 0 Å². The molecule has 37 heavy (non-hydrogen) atoms. The molecule has 7 rings (SSSR count). The van der Waals surface area contributed by atoms with Crippen LogP contribution in [0.25, 0.3) is 54.6 Å². The highest BCUT2D eigenvalue weighted by Gasteiger charge is 2.16. The van der Waals surface area contributed by atoms with Crippen LogP contribution in [0.3, 0.4) is 0 Å². The molecule has 0 unspecified atom stereocenters. The average Bonchev–Trinajstić information content (AvgIpc) is 3.32. The number of nitrogens with one attached hydrogen (secondary N) is 1. The minimum Gasteiger partial charge on any atom is -0.353 e. The van der Waals surface area contributed by atoms with Gasteiger partial charge in [0.05, 0.1) is 12.0 Å². The lowest BCUT2D eigenvalue weighted by atomic mass is 9.90. The van der Waals surface area contributed by atoms with Crippen LogP contribution in [0.1, 0.15) is 11.1 Å². The molecule has 0 aliphatic carbocycles. The lowest BCUT2D eigenvalue weighted by molar-refractivity contribution is 0.948. The Hall–Kier alpha value is -4.70. The lowest BCUT2D eigenvalue weighted by Gasteiger charge is -2.17. The number of nitrogens with zero attached hydrogens (tertiary/aromatic N) is 3. The molecule has 0 saturated heterocycles. The highest BCUT2D eigenvalue weighted by Crippen LogP contribution is 2.39. The molecule has 0 aliphatic rings. The Morgan fingerprint density at radius 3 is 2.24 bits per heavy atom. The summed E-state index contributed by atoms with van der Waals surface area (Å²) in [6, 6.07) is 30.3. The van der Waals surface area contributed by atoms with Crippen molar-refractivity contribution in [2.45, 2.75) is 13.8 Å². The number of anilines is 2. The van der Waals surface area contributed by atoms with Gasteiger partial charge >= 0.3 is 0 Å². The highest BCUT2D eigenvalue weighted by atomic mass is 15.1. The van der Waals surface area contributed by atoms with Crippen LogP contribution < -0.4 is 5.32 Å². The largest absolute Gasteiger partial charge is 0.353 e. The maximum atomic E-state index is 4.65. The topological polar surface area (TPSA) is 42.7 Å². The first-order valence-corrected chi connectivity index (χ1v) is 12.6. The van der Waals surface area contributed by atoms with Crippen molar-refractivity contribution in [1.29, 1.82) is 0 Å². The van der Waals surface area contributed by atoms with Crippen molar-refractivity contribution in [1.82, 2.24) is 14.5 Å². The molecule has 0 bridgehead atoms. The van der Waals surface area contributed by atoms with Gasteiger partial charge in [-0.25, -0.2) is 9.97 Å². The first-order chi connectivity index (χ1) is 18.1. The van der Waals surface area contributed by atoms with E-state index >= 15 is 0 Å². The second-order valence-electron chi connectivity index (χ2n) is 9.79. The fourth-order valence-electron chi connectivity index (χ4n) is 5.76. The molecular formula is C33H26N4. The third kappa shape index (κ3) is 3.30. The summed E-state index contributed by atoms with van der Waals surface area (Å²) in [6.07, 6.45) is 3.74. The van der Waals surface area contributed by atoms with Crippen molar-refractivity contribution < 1.29 is 0 Å². The number of hydrogen-bond donors (Lipinski definition) is 1. The summed E-state index contributed by atoms with van der Waals surface area (Å²) in [5, 5.41) is 11.5. The van der Waals surface area contributed by atoms with Gasteiger partial charge in [-0.15, -0.1) is 0 Å². The molecule has 0 spiro atoms. The monoisotopic (exact) mass is 478 g/mol. The third-order valence-corrected chi connectivity index (χ3v) is 7.63.